The number of aliphatic hydroxyl groups is 1. The zero-order valence-electron chi connectivity index (χ0n) is 7.98. The highest BCUT2D eigenvalue weighted by Gasteiger charge is 2.18. The van der Waals surface area contributed by atoms with Crippen LogP contribution in [0.4, 0.5) is 0 Å². The fourth-order valence-corrected chi connectivity index (χ4v) is 1.48. The first kappa shape index (κ1) is 12.2. The Balaban J connectivity index is 2.79. The second-order valence-electron chi connectivity index (χ2n) is 3.00. The van der Waals surface area contributed by atoms with Gasteiger partial charge < -0.3 is 10.2 Å². The number of aliphatic carboxylic acids is 1. The molecule has 0 bridgehead atoms. The van der Waals surface area contributed by atoms with E-state index in [0.717, 1.165) is 4.47 Å². The number of carbonyl (C=O) groups is 1. The number of benzene rings is 1. The van der Waals surface area contributed by atoms with Crippen LogP contribution in [-0.2, 0) is 4.79 Å². The summed E-state index contributed by atoms with van der Waals surface area (Å²) in [6.45, 7) is 0.174. The number of carboxylic acid groups (broad SMARTS) is 1. The molecule has 0 heterocycles. The summed E-state index contributed by atoms with van der Waals surface area (Å²) in [6.07, 6.45) is 0. The van der Waals surface area contributed by atoms with Gasteiger partial charge in [-0.1, -0.05) is 28.1 Å². The molecule has 0 aliphatic heterocycles. The first-order chi connectivity index (χ1) is 7.15. The van der Waals surface area contributed by atoms with Crippen molar-refractivity contribution in [1.29, 1.82) is 0 Å². The second kappa shape index (κ2) is 5.85. The largest absolute Gasteiger partial charge is 0.480 e. The van der Waals surface area contributed by atoms with Crippen LogP contribution in [0.15, 0.2) is 28.7 Å². The second-order valence-corrected chi connectivity index (χ2v) is 3.92. The Morgan fingerprint density at radius 2 is 2.00 bits per heavy atom. The van der Waals surface area contributed by atoms with Crippen molar-refractivity contribution in [1.82, 2.24) is 5.32 Å². The Bertz CT molecular complexity index is 326. The van der Waals surface area contributed by atoms with Gasteiger partial charge in [0.15, 0.2) is 0 Å². The van der Waals surface area contributed by atoms with Gasteiger partial charge in [0.1, 0.15) is 6.04 Å². The maximum atomic E-state index is 10.9. The number of hydrogen-bond donors (Lipinski definition) is 3. The maximum absolute atomic E-state index is 10.9. The van der Waals surface area contributed by atoms with Crippen LogP contribution >= 0.6 is 15.9 Å². The Morgan fingerprint density at radius 3 is 2.47 bits per heavy atom. The summed E-state index contributed by atoms with van der Waals surface area (Å²) in [5.74, 6) is -0.953. The standard InChI is InChI=1S/C10H12BrNO3/c11-8-3-1-7(2-4-8)9(10(14)15)12-5-6-13/h1-4,9,12-13H,5-6H2,(H,14,15)/t9-/m1/s1. The van der Waals surface area contributed by atoms with Gasteiger partial charge in [0, 0.05) is 11.0 Å². The van der Waals surface area contributed by atoms with Gasteiger partial charge >= 0.3 is 5.97 Å². The SMILES string of the molecule is O=C(O)[C@H](NCCO)c1ccc(Br)cc1. The van der Waals surface area contributed by atoms with E-state index >= 15 is 0 Å². The molecule has 82 valence electrons. The zero-order chi connectivity index (χ0) is 11.3. The normalized spacial score (nSPS) is 12.4. The lowest BCUT2D eigenvalue weighted by atomic mass is 10.1. The lowest BCUT2D eigenvalue weighted by Gasteiger charge is -2.13. The van der Waals surface area contributed by atoms with Crippen LogP contribution in [0, 0.1) is 0 Å². The molecule has 0 saturated heterocycles. The molecule has 0 amide bonds. The number of rotatable bonds is 5. The van der Waals surface area contributed by atoms with E-state index < -0.39 is 12.0 Å². The van der Waals surface area contributed by atoms with E-state index in [4.69, 9.17) is 10.2 Å². The maximum Gasteiger partial charge on any atom is 0.325 e. The molecular formula is C10H12BrNO3. The number of hydrogen-bond acceptors (Lipinski definition) is 3. The summed E-state index contributed by atoms with van der Waals surface area (Å²) in [4.78, 5) is 10.9. The molecular weight excluding hydrogens is 262 g/mol. The van der Waals surface area contributed by atoms with Crippen LogP contribution in [-0.4, -0.2) is 29.3 Å². The van der Waals surface area contributed by atoms with Crippen LogP contribution in [0.25, 0.3) is 0 Å². The monoisotopic (exact) mass is 273 g/mol. The minimum absolute atomic E-state index is 0.0830. The van der Waals surface area contributed by atoms with Crippen LogP contribution in [0.2, 0.25) is 0 Å². The molecule has 0 aromatic heterocycles. The average molecular weight is 274 g/mol. The van der Waals surface area contributed by atoms with Crippen molar-refractivity contribution in [3.8, 4) is 0 Å². The first-order valence-electron chi connectivity index (χ1n) is 4.47. The fraction of sp³-hybridized carbons (Fsp3) is 0.300. The van der Waals surface area contributed by atoms with Gasteiger partial charge in [-0.15, -0.1) is 0 Å². The van der Waals surface area contributed by atoms with Crippen LogP contribution in [0.3, 0.4) is 0 Å². The van der Waals surface area contributed by atoms with Crippen molar-refractivity contribution in [2.24, 2.45) is 0 Å². The highest BCUT2D eigenvalue weighted by molar-refractivity contribution is 9.10. The van der Waals surface area contributed by atoms with Crippen LogP contribution in [0.5, 0.6) is 0 Å². The Labute approximate surface area is 96.1 Å². The molecule has 0 aliphatic carbocycles. The molecule has 0 spiro atoms. The van der Waals surface area contributed by atoms with E-state index in [1.54, 1.807) is 24.3 Å². The van der Waals surface area contributed by atoms with Crippen molar-refractivity contribution in [3.05, 3.63) is 34.3 Å². The predicted octanol–water partition coefficient (Wildman–Crippen LogP) is 1.16. The summed E-state index contributed by atoms with van der Waals surface area (Å²) in [5.41, 5.74) is 0.666. The number of halogens is 1. The molecule has 1 atom stereocenters. The molecule has 3 N–H and O–H groups in total. The molecule has 0 radical (unpaired) electrons. The van der Waals surface area contributed by atoms with Crippen LogP contribution < -0.4 is 5.32 Å². The minimum atomic E-state index is -0.953. The van der Waals surface area contributed by atoms with Gasteiger partial charge in [0.05, 0.1) is 6.61 Å². The Morgan fingerprint density at radius 1 is 1.40 bits per heavy atom. The van der Waals surface area contributed by atoms with Gasteiger partial charge in [0.2, 0.25) is 0 Å². The zero-order valence-corrected chi connectivity index (χ0v) is 9.57. The molecule has 4 nitrogen and oxygen atoms in total. The third-order valence-electron chi connectivity index (χ3n) is 1.91. The molecule has 0 saturated carbocycles. The molecule has 1 rings (SSSR count). The Kier molecular flexibility index (Phi) is 4.74. The fourth-order valence-electron chi connectivity index (χ4n) is 1.21. The van der Waals surface area contributed by atoms with Crippen molar-refractivity contribution >= 4 is 21.9 Å². The quantitative estimate of drug-likeness (QED) is 0.753. The number of carboxylic acids is 1. The van der Waals surface area contributed by atoms with E-state index in [1.165, 1.54) is 0 Å². The van der Waals surface area contributed by atoms with Crippen molar-refractivity contribution in [2.45, 2.75) is 6.04 Å². The van der Waals surface area contributed by atoms with Gasteiger partial charge in [-0.2, -0.15) is 0 Å². The summed E-state index contributed by atoms with van der Waals surface area (Å²) >= 11 is 3.28. The topological polar surface area (TPSA) is 69.6 Å². The smallest absolute Gasteiger partial charge is 0.325 e. The van der Waals surface area contributed by atoms with Gasteiger partial charge in [-0.05, 0) is 17.7 Å². The summed E-state index contributed by atoms with van der Waals surface area (Å²) in [7, 11) is 0. The van der Waals surface area contributed by atoms with E-state index in [2.05, 4.69) is 21.2 Å². The van der Waals surface area contributed by atoms with Crippen LogP contribution in [0.1, 0.15) is 11.6 Å². The molecule has 1 aromatic rings. The molecule has 0 aliphatic rings. The van der Waals surface area contributed by atoms with Crippen molar-refractivity contribution in [3.63, 3.8) is 0 Å². The molecule has 15 heavy (non-hydrogen) atoms. The molecule has 0 unspecified atom stereocenters. The lowest BCUT2D eigenvalue weighted by Crippen LogP contribution is -2.30. The highest BCUT2D eigenvalue weighted by atomic mass is 79.9. The van der Waals surface area contributed by atoms with E-state index in [-0.39, 0.29) is 13.2 Å². The summed E-state index contributed by atoms with van der Waals surface area (Å²) in [6, 6.07) is 6.25. The van der Waals surface area contributed by atoms with E-state index in [1.807, 2.05) is 0 Å². The lowest BCUT2D eigenvalue weighted by molar-refractivity contribution is -0.139. The molecule has 1 aromatic carbocycles. The van der Waals surface area contributed by atoms with Crippen molar-refractivity contribution in [2.75, 3.05) is 13.2 Å². The van der Waals surface area contributed by atoms with Crippen molar-refractivity contribution < 1.29 is 15.0 Å². The Hall–Kier alpha value is -0.910. The molecule has 5 heteroatoms. The van der Waals surface area contributed by atoms with Gasteiger partial charge in [-0.25, -0.2) is 0 Å². The third kappa shape index (κ3) is 3.62. The third-order valence-corrected chi connectivity index (χ3v) is 2.44. The average Bonchev–Trinajstić information content (AvgIpc) is 2.21. The molecule has 0 fully saturated rings. The van der Waals surface area contributed by atoms with Gasteiger partial charge in [0.25, 0.3) is 0 Å². The summed E-state index contributed by atoms with van der Waals surface area (Å²) < 4.78 is 0.901. The van der Waals surface area contributed by atoms with E-state index in [0.29, 0.717) is 5.56 Å². The first-order valence-corrected chi connectivity index (χ1v) is 5.27. The summed E-state index contributed by atoms with van der Waals surface area (Å²) in [5, 5.41) is 20.3. The van der Waals surface area contributed by atoms with E-state index in [9.17, 15) is 4.79 Å². The van der Waals surface area contributed by atoms with Gasteiger partial charge in [-0.3, -0.25) is 10.1 Å². The number of aliphatic hydroxyl groups excluding tert-OH is 1. The predicted molar refractivity (Wildman–Crippen MR) is 59.6 cm³/mol. The minimum Gasteiger partial charge on any atom is -0.480 e. The highest BCUT2D eigenvalue weighted by Crippen LogP contribution is 2.16. The number of nitrogens with one attached hydrogen (secondary N) is 1.